The average Bonchev–Trinajstić information content (AvgIpc) is 2.47. The predicted octanol–water partition coefficient (Wildman–Crippen LogP) is 2.90. The van der Waals surface area contributed by atoms with Gasteiger partial charge in [-0.25, -0.2) is 4.98 Å². The molecule has 1 heterocycles. The summed E-state index contributed by atoms with van der Waals surface area (Å²) in [6, 6.07) is 7.83. The van der Waals surface area contributed by atoms with Crippen LogP contribution in [0.3, 0.4) is 0 Å². The normalized spacial score (nSPS) is 10.0. The van der Waals surface area contributed by atoms with Crippen LogP contribution in [0.25, 0.3) is 0 Å². The maximum absolute atomic E-state index is 12.2. The van der Waals surface area contributed by atoms with Crippen molar-refractivity contribution in [1.82, 2.24) is 4.98 Å². The van der Waals surface area contributed by atoms with Crippen LogP contribution >= 0.6 is 11.6 Å². The molecule has 0 radical (unpaired) electrons. The van der Waals surface area contributed by atoms with Crippen LogP contribution in [0.15, 0.2) is 36.5 Å². The number of amides is 1. The molecular weight excluding hydrogens is 298 g/mol. The van der Waals surface area contributed by atoms with E-state index in [2.05, 4.69) is 10.3 Å². The number of ether oxygens (including phenoxy) is 1. The Labute approximate surface area is 124 Å². The zero-order chi connectivity index (χ0) is 15.4. The van der Waals surface area contributed by atoms with Crippen molar-refractivity contribution < 1.29 is 14.5 Å². The molecule has 0 aliphatic rings. The fourth-order valence-electron chi connectivity index (χ4n) is 1.63. The molecule has 1 amide bonds. The predicted molar refractivity (Wildman–Crippen MR) is 76.8 cm³/mol. The third-order valence-electron chi connectivity index (χ3n) is 2.64. The summed E-state index contributed by atoms with van der Waals surface area (Å²) in [5.41, 5.74) is 0.0222. The van der Waals surface area contributed by atoms with Crippen LogP contribution in [0.4, 0.5) is 11.4 Å². The number of hydrogen-bond acceptors (Lipinski definition) is 5. The van der Waals surface area contributed by atoms with E-state index >= 15 is 0 Å². The number of nitrogens with one attached hydrogen (secondary N) is 1. The van der Waals surface area contributed by atoms with Gasteiger partial charge in [0.1, 0.15) is 17.1 Å². The molecule has 0 spiro atoms. The van der Waals surface area contributed by atoms with Gasteiger partial charge in [0.25, 0.3) is 11.6 Å². The maximum atomic E-state index is 12.2. The summed E-state index contributed by atoms with van der Waals surface area (Å²) in [4.78, 5) is 25.9. The summed E-state index contributed by atoms with van der Waals surface area (Å²) in [6.45, 7) is 0. The minimum absolute atomic E-state index is 0.0863. The van der Waals surface area contributed by atoms with Gasteiger partial charge in [-0.1, -0.05) is 23.7 Å². The van der Waals surface area contributed by atoms with E-state index in [0.717, 1.165) is 12.3 Å². The maximum Gasteiger partial charge on any atom is 0.288 e. The number of carbonyl (C=O) groups is 1. The van der Waals surface area contributed by atoms with Crippen LogP contribution in [0.5, 0.6) is 5.75 Å². The van der Waals surface area contributed by atoms with Crippen LogP contribution in [0.1, 0.15) is 10.4 Å². The van der Waals surface area contributed by atoms with Gasteiger partial charge in [-0.05, 0) is 12.1 Å². The quantitative estimate of drug-likeness (QED) is 0.532. The van der Waals surface area contributed by atoms with Crippen molar-refractivity contribution in [2.75, 3.05) is 12.4 Å². The molecule has 1 aromatic heterocycles. The molecule has 108 valence electrons. The van der Waals surface area contributed by atoms with Gasteiger partial charge in [0.15, 0.2) is 0 Å². The molecule has 0 atom stereocenters. The van der Waals surface area contributed by atoms with Gasteiger partial charge in [-0.3, -0.25) is 14.9 Å². The molecular formula is C13H10ClN3O4. The highest BCUT2D eigenvalue weighted by atomic mass is 35.5. The first-order valence-electron chi connectivity index (χ1n) is 5.77. The number of carbonyl (C=O) groups excluding carboxylic acids is 1. The zero-order valence-electron chi connectivity index (χ0n) is 10.9. The van der Waals surface area contributed by atoms with Crippen molar-refractivity contribution >= 4 is 28.9 Å². The molecule has 2 rings (SSSR count). The van der Waals surface area contributed by atoms with Gasteiger partial charge in [0.05, 0.1) is 23.3 Å². The number of benzene rings is 1. The number of anilines is 1. The van der Waals surface area contributed by atoms with Crippen LogP contribution in [0, 0.1) is 10.1 Å². The molecule has 1 aromatic carbocycles. The molecule has 0 bridgehead atoms. The van der Waals surface area contributed by atoms with E-state index in [1.807, 2.05) is 0 Å². The van der Waals surface area contributed by atoms with Crippen LogP contribution in [-0.4, -0.2) is 22.9 Å². The van der Waals surface area contributed by atoms with Gasteiger partial charge in [0, 0.05) is 6.07 Å². The zero-order valence-corrected chi connectivity index (χ0v) is 11.6. The van der Waals surface area contributed by atoms with Crippen molar-refractivity contribution in [1.29, 1.82) is 0 Å². The lowest BCUT2D eigenvalue weighted by atomic mass is 10.2. The highest BCUT2D eigenvalue weighted by molar-refractivity contribution is 6.33. The number of para-hydroxylation sites is 2. The van der Waals surface area contributed by atoms with Crippen molar-refractivity contribution in [3.8, 4) is 5.75 Å². The Morgan fingerprint density at radius 2 is 2.14 bits per heavy atom. The molecule has 7 nitrogen and oxygen atoms in total. The Kier molecular flexibility index (Phi) is 4.34. The molecule has 0 saturated heterocycles. The number of nitrogens with zero attached hydrogens (tertiary/aromatic N) is 2. The van der Waals surface area contributed by atoms with E-state index in [1.54, 1.807) is 24.3 Å². The Morgan fingerprint density at radius 1 is 1.43 bits per heavy atom. The Balaban J connectivity index is 2.32. The third-order valence-corrected chi connectivity index (χ3v) is 2.94. The molecule has 8 heteroatoms. The van der Waals surface area contributed by atoms with Crippen molar-refractivity contribution in [3.63, 3.8) is 0 Å². The third kappa shape index (κ3) is 3.26. The summed E-state index contributed by atoms with van der Waals surface area (Å²) in [6.07, 6.45) is 0.988. The largest absolute Gasteiger partial charge is 0.495 e. The van der Waals surface area contributed by atoms with Crippen molar-refractivity contribution in [3.05, 3.63) is 57.4 Å². The van der Waals surface area contributed by atoms with E-state index < -0.39 is 10.8 Å². The highest BCUT2D eigenvalue weighted by Crippen LogP contribution is 2.25. The van der Waals surface area contributed by atoms with Gasteiger partial charge in [-0.2, -0.15) is 0 Å². The van der Waals surface area contributed by atoms with Crippen LogP contribution < -0.4 is 10.1 Å². The first-order valence-corrected chi connectivity index (χ1v) is 6.15. The lowest BCUT2D eigenvalue weighted by Gasteiger charge is -2.10. The smallest absolute Gasteiger partial charge is 0.288 e. The second-order valence-corrected chi connectivity index (χ2v) is 4.30. The standard InChI is InChI=1S/C13H10ClN3O4/c1-21-11-5-3-2-4-10(11)16-13(18)9-6-8(17(19)20)7-15-12(9)14/h2-7H,1H3,(H,16,18). The van der Waals surface area contributed by atoms with Gasteiger partial charge in [0.2, 0.25) is 0 Å². The number of halogens is 1. The van der Waals surface area contributed by atoms with Crippen LogP contribution in [-0.2, 0) is 0 Å². The number of nitro groups is 1. The van der Waals surface area contributed by atoms with E-state index in [0.29, 0.717) is 11.4 Å². The number of hydrogen-bond donors (Lipinski definition) is 1. The SMILES string of the molecule is COc1ccccc1NC(=O)c1cc([N+](=O)[O-])cnc1Cl. The summed E-state index contributed by atoms with van der Waals surface area (Å²) in [5, 5.41) is 13.2. The lowest BCUT2D eigenvalue weighted by molar-refractivity contribution is -0.385. The Morgan fingerprint density at radius 3 is 2.81 bits per heavy atom. The summed E-state index contributed by atoms with van der Waals surface area (Å²) in [5.74, 6) is -0.152. The topological polar surface area (TPSA) is 94.4 Å². The minimum Gasteiger partial charge on any atom is -0.495 e. The number of aromatic nitrogens is 1. The number of methoxy groups -OCH3 is 1. The lowest BCUT2D eigenvalue weighted by Crippen LogP contribution is -2.14. The highest BCUT2D eigenvalue weighted by Gasteiger charge is 2.18. The Hall–Kier alpha value is -2.67. The molecule has 0 saturated carbocycles. The van der Waals surface area contributed by atoms with Gasteiger partial charge < -0.3 is 10.1 Å². The summed E-state index contributed by atoms with van der Waals surface area (Å²) in [7, 11) is 1.47. The molecule has 0 unspecified atom stereocenters. The molecule has 0 aliphatic heterocycles. The monoisotopic (exact) mass is 307 g/mol. The minimum atomic E-state index is -0.650. The van der Waals surface area contributed by atoms with E-state index in [-0.39, 0.29) is 16.4 Å². The Bertz CT molecular complexity index is 706. The van der Waals surface area contributed by atoms with Crippen molar-refractivity contribution in [2.45, 2.75) is 0 Å². The first-order chi connectivity index (χ1) is 10.0. The van der Waals surface area contributed by atoms with Gasteiger partial charge in [-0.15, -0.1) is 0 Å². The van der Waals surface area contributed by atoms with Gasteiger partial charge >= 0.3 is 0 Å². The fraction of sp³-hybridized carbons (Fsp3) is 0.0769. The van der Waals surface area contributed by atoms with E-state index in [4.69, 9.17) is 16.3 Å². The molecule has 0 fully saturated rings. The average molecular weight is 308 g/mol. The number of rotatable bonds is 4. The molecule has 0 aliphatic carbocycles. The van der Waals surface area contributed by atoms with E-state index in [9.17, 15) is 14.9 Å². The summed E-state index contributed by atoms with van der Waals surface area (Å²) < 4.78 is 5.10. The van der Waals surface area contributed by atoms with E-state index in [1.165, 1.54) is 7.11 Å². The van der Waals surface area contributed by atoms with Crippen molar-refractivity contribution in [2.24, 2.45) is 0 Å². The van der Waals surface area contributed by atoms with Crippen LogP contribution in [0.2, 0.25) is 5.15 Å². The number of pyridine rings is 1. The fourth-order valence-corrected chi connectivity index (χ4v) is 1.82. The first kappa shape index (κ1) is 14.7. The second-order valence-electron chi connectivity index (χ2n) is 3.94. The molecule has 2 aromatic rings. The molecule has 21 heavy (non-hydrogen) atoms. The summed E-state index contributed by atoms with van der Waals surface area (Å²) >= 11 is 5.81. The second kappa shape index (κ2) is 6.19. The molecule has 1 N–H and O–H groups in total.